The molecule has 5 nitrogen and oxygen atoms in total. The third-order valence-corrected chi connectivity index (χ3v) is 6.18. The Labute approximate surface area is 171 Å². The minimum atomic E-state index is -4.75. The molecule has 0 unspecified atom stereocenters. The molecular weight excluding hydrogens is 429 g/mol. The van der Waals surface area contributed by atoms with Crippen molar-refractivity contribution in [3.05, 3.63) is 64.2 Å². The van der Waals surface area contributed by atoms with E-state index in [1.807, 2.05) is 24.3 Å². The second-order valence-corrected chi connectivity index (χ2v) is 9.08. The number of amides is 1. The first-order valence-corrected chi connectivity index (χ1v) is 10.9. The standard InChI is InChI=1S/C19H18ClF3N2O3S/c1-29(27,28)25(15-6-7-17(20)16(10-15)19(21,22)23)12-18(26)24-9-8-13-4-2-3-5-14(13)11-24/h2-7,10H,8-9,11-12H2,1H3. The molecule has 0 bridgehead atoms. The molecule has 2 aromatic rings. The Morgan fingerprint density at radius 3 is 2.45 bits per heavy atom. The molecule has 3 rings (SSSR count). The van der Waals surface area contributed by atoms with Crippen molar-refractivity contribution in [3.63, 3.8) is 0 Å². The fraction of sp³-hybridized carbons (Fsp3) is 0.316. The first kappa shape index (κ1) is 21.4. The summed E-state index contributed by atoms with van der Waals surface area (Å²) in [7, 11) is -4.01. The van der Waals surface area contributed by atoms with Gasteiger partial charge in [-0.3, -0.25) is 9.10 Å². The van der Waals surface area contributed by atoms with Crippen molar-refractivity contribution in [2.24, 2.45) is 0 Å². The number of fused-ring (bicyclic) bond motifs is 1. The molecule has 0 spiro atoms. The molecule has 0 saturated carbocycles. The Kier molecular flexibility index (Phi) is 5.82. The van der Waals surface area contributed by atoms with E-state index >= 15 is 0 Å². The van der Waals surface area contributed by atoms with E-state index in [1.54, 1.807) is 0 Å². The van der Waals surface area contributed by atoms with Crippen LogP contribution in [-0.2, 0) is 34.0 Å². The average Bonchev–Trinajstić information content (AvgIpc) is 2.64. The molecule has 2 aromatic carbocycles. The van der Waals surface area contributed by atoms with Crippen LogP contribution in [0, 0.1) is 0 Å². The molecule has 0 atom stereocenters. The maximum absolute atomic E-state index is 13.2. The molecule has 1 aliphatic heterocycles. The van der Waals surface area contributed by atoms with Gasteiger partial charge in [0.05, 0.1) is 22.5 Å². The fourth-order valence-corrected chi connectivity index (χ4v) is 4.28. The van der Waals surface area contributed by atoms with Crippen molar-refractivity contribution in [2.45, 2.75) is 19.1 Å². The van der Waals surface area contributed by atoms with E-state index in [4.69, 9.17) is 11.6 Å². The average molecular weight is 447 g/mol. The van der Waals surface area contributed by atoms with Crippen LogP contribution in [0.15, 0.2) is 42.5 Å². The van der Waals surface area contributed by atoms with Gasteiger partial charge in [-0.25, -0.2) is 8.42 Å². The number of hydrogen-bond donors (Lipinski definition) is 0. The number of hydrogen-bond acceptors (Lipinski definition) is 3. The SMILES string of the molecule is CS(=O)(=O)N(CC(=O)N1CCc2ccccc2C1)c1ccc(Cl)c(C(F)(F)F)c1. The molecule has 0 aromatic heterocycles. The van der Waals surface area contributed by atoms with Crippen LogP contribution in [0.3, 0.4) is 0 Å². The van der Waals surface area contributed by atoms with Gasteiger partial charge in [0.2, 0.25) is 15.9 Å². The number of carbonyl (C=O) groups is 1. The zero-order chi connectivity index (χ0) is 21.4. The smallest absolute Gasteiger partial charge is 0.336 e. The minimum absolute atomic E-state index is 0.269. The normalized spacial score (nSPS) is 14.4. The van der Waals surface area contributed by atoms with Gasteiger partial charge < -0.3 is 4.90 Å². The van der Waals surface area contributed by atoms with Crippen LogP contribution in [0.4, 0.5) is 18.9 Å². The van der Waals surface area contributed by atoms with Gasteiger partial charge in [0.15, 0.2) is 0 Å². The lowest BCUT2D eigenvalue weighted by Gasteiger charge is -2.31. The van der Waals surface area contributed by atoms with Gasteiger partial charge in [0.1, 0.15) is 6.54 Å². The summed E-state index contributed by atoms with van der Waals surface area (Å²) in [5, 5.41) is -0.548. The van der Waals surface area contributed by atoms with Gasteiger partial charge in [0.25, 0.3) is 0 Å². The van der Waals surface area contributed by atoms with Crippen molar-refractivity contribution in [3.8, 4) is 0 Å². The highest BCUT2D eigenvalue weighted by atomic mass is 35.5. The number of halogens is 4. The highest BCUT2D eigenvalue weighted by Crippen LogP contribution is 2.37. The fourth-order valence-electron chi connectivity index (χ4n) is 3.22. The molecule has 0 N–H and O–H groups in total. The van der Waals surface area contributed by atoms with Crippen LogP contribution < -0.4 is 4.31 Å². The minimum Gasteiger partial charge on any atom is -0.336 e. The maximum atomic E-state index is 13.2. The summed E-state index contributed by atoms with van der Waals surface area (Å²) in [6.45, 7) is 0.128. The van der Waals surface area contributed by atoms with Crippen LogP contribution in [-0.4, -0.2) is 38.6 Å². The summed E-state index contributed by atoms with van der Waals surface area (Å²) >= 11 is 5.61. The zero-order valence-corrected chi connectivity index (χ0v) is 17.0. The number of benzene rings is 2. The Morgan fingerprint density at radius 1 is 1.17 bits per heavy atom. The number of carbonyl (C=O) groups excluding carboxylic acids is 1. The summed E-state index contributed by atoms with van der Waals surface area (Å²) in [4.78, 5) is 14.3. The number of anilines is 1. The molecular formula is C19H18ClF3N2O3S. The van der Waals surface area contributed by atoms with Crippen LogP contribution in [0.25, 0.3) is 0 Å². The topological polar surface area (TPSA) is 57.7 Å². The highest BCUT2D eigenvalue weighted by Gasteiger charge is 2.35. The summed E-state index contributed by atoms with van der Waals surface area (Å²) in [6.07, 6.45) is -3.29. The van der Waals surface area contributed by atoms with E-state index in [1.165, 1.54) is 4.90 Å². The van der Waals surface area contributed by atoms with Crippen molar-refractivity contribution in [1.82, 2.24) is 4.90 Å². The molecule has 0 saturated heterocycles. The van der Waals surface area contributed by atoms with E-state index in [0.717, 1.165) is 29.5 Å². The quantitative estimate of drug-likeness (QED) is 0.719. The number of alkyl halides is 3. The highest BCUT2D eigenvalue weighted by molar-refractivity contribution is 7.92. The first-order chi connectivity index (χ1) is 13.5. The lowest BCUT2D eigenvalue weighted by Crippen LogP contribution is -2.44. The number of sulfonamides is 1. The van der Waals surface area contributed by atoms with E-state index < -0.39 is 39.2 Å². The van der Waals surface area contributed by atoms with Gasteiger partial charge in [0, 0.05) is 13.1 Å². The van der Waals surface area contributed by atoms with E-state index in [0.29, 0.717) is 29.9 Å². The zero-order valence-electron chi connectivity index (χ0n) is 15.4. The van der Waals surface area contributed by atoms with Gasteiger partial charge in [-0.15, -0.1) is 0 Å². The first-order valence-electron chi connectivity index (χ1n) is 8.66. The van der Waals surface area contributed by atoms with E-state index in [9.17, 15) is 26.4 Å². The summed E-state index contributed by atoms with van der Waals surface area (Å²) in [5.41, 5.74) is 0.646. The van der Waals surface area contributed by atoms with Crippen molar-refractivity contribution < 1.29 is 26.4 Å². The molecule has 29 heavy (non-hydrogen) atoms. The Hall–Kier alpha value is -2.26. The molecule has 0 aliphatic carbocycles. The molecule has 156 valence electrons. The lowest BCUT2D eigenvalue weighted by atomic mass is 10.00. The van der Waals surface area contributed by atoms with Crippen LogP contribution in [0.5, 0.6) is 0 Å². The van der Waals surface area contributed by atoms with E-state index in [2.05, 4.69) is 0 Å². The third-order valence-electron chi connectivity index (χ3n) is 4.71. The largest absolute Gasteiger partial charge is 0.417 e. The molecule has 0 fully saturated rings. The van der Waals surface area contributed by atoms with Gasteiger partial charge in [-0.1, -0.05) is 35.9 Å². The lowest BCUT2D eigenvalue weighted by molar-refractivity contribution is -0.137. The number of rotatable bonds is 4. The van der Waals surface area contributed by atoms with Crippen LogP contribution >= 0.6 is 11.6 Å². The summed E-state index contributed by atoms with van der Waals surface area (Å²) in [6, 6.07) is 10.4. The number of nitrogens with zero attached hydrogens (tertiary/aromatic N) is 2. The van der Waals surface area contributed by atoms with Crippen molar-refractivity contribution >= 4 is 33.2 Å². The second-order valence-electron chi connectivity index (χ2n) is 6.77. The molecule has 1 aliphatic rings. The predicted octanol–water partition coefficient (Wildman–Crippen LogP) is 3.71. The second kappa shape index (κ2) is 7.87. The Morgan fingerprint density at radius 2 is 1.83 bits per heavy atom. The van der Waals surface area contributed by atoms with Crippen molar-refractivity contribution in [2.75, 3.05) is 23.7 Å². The van der Waals surface area contributed by atoms with E-state index in [-0.39, 0.29) is 5.69 Å². The monoisotopic (exact) mass is 446 g/mol. The summed E-state index contributed by atoms with van der Waals surface area (Å²) in [5.74, 6) is -0.492. The molecule has 0 radical (unpaired) electrons. The van der Waals surface area contributed by atoms with Gasteiger partial charge in [-0.05, 0) is 35.7 Å². The molecule has 1 heterocycles. The predicted molar refractivity (Wildman–Crippen MR) is 104 cm³/mol. The van der Waals surface area contributed by atoms with Crippen molar-refractivity contribution in [1.29, 1.82) is 0 Å². The third kappa shape index (κ3) is 4.84. The maximum Gasteiger partial charge on any atom is 0.417 e. The van der Waals surface area contributed by atoms with Crippen LogP contribution in [0.1, 0.15) is 16.7 Å². The molecule has 1 amide bonds. The van der Waals surface area contributed by atoms with Gasteiger partial charge in [-0.2, -0.15) is 13.2 Å². The van der Waals surface area contributed by atoms with Crippen LogP contribution in [0.2, 0.25) is 5.02 Å². The summed E-state index contributed by atoms with van der Waals surface area (Å²) < 4.78 is 64.6. The Balaban J connectivity index is 1.87. The Bertz CT molecular complexity index is 1040. The molecule has 10 heteroatoms. The van der Waals surface area contributed by atoms with Gasteiger partial charge >= 0.3 is 6.18 Å².